The molecule has 0 N–H and O–H groups in total. The lowest BCUT2D eigenvalue weighted by Crippen LogP contribution is -2.41. The number of benzene rings is 2. The third-order valence-corrected chi connectivity index (χ3v) is 7.51. The summed E-state index contributed by atoms with van der Waals surface area (Å²) in [7, 11) is -3.68. The number of piperidine rings is 1. The minimum Gasteiger partial charge on any atom is -0.467 e. The average molecular weight is 407 g/mol. The van der Waals surface area contributed by atoms with E-state index in [1.807, 2.05) is 25.1 Å². The highest BCUT2D eigenvalue weighted by Gasteiger charge is 2.30. The molecule has 0 saturated carbocycles. The Bertz CT molecular complexity index is 1070. The van der Waals surface area contributed by atoms with Gasteiger partial charge in [-0.15, -0.1) is 0 Å². The number of ether oxygens (including phenoxy) is 1. The minimum absolute atomic E-state index is 0.0106. The highest BCUT2D eigenvalue weighted by Crippen LogP contribution is 2.32. The molecule has 0 amide bonds. The Morgan fingerprint density at radius 3 is 2.63 bits per heavy atom. The Labute approximate surface area is 161 Å². The lowest BCUT2D eigenvalue weighted by atomic mass is 10.1. The van der Waals surface area contributed by atoms with Gasteiger partial charge in [0.15, 0.2) is 0 Å². The lowest BCUT2D eigenvalue weighted by molar-refractivity contribution is 0.135. The van der Waals surface area contributed by atoms with Crippen LogP contribution >= 0.6 is 11.3 Å². The molecule has 0 atom stereocenters. The summed E-state index contributed by atoms with van der Waals surface area (Å²) in [6.45, 7) is 2.70. The van der Waals surface area contributed by atoms with E-state index in [0.29, 0.717) is 31.1 Å². The van der Waals surface area contributed by atoms with E-state index in [-0.39, 0.29) is 11.0 Å². The number of fused-ring (bicyclic) bond motifs is 1. The Morgan fingerprint density at radius 1 is 1.19 bits per heavy atom. The molecule has 0 unspecified atom stereocenters. The summed E-state index contributed by atoms with van der Waals surface area (Å²) in [5, 5.41) is 0.616. The van der Waals surface area contributed by atoms with Crippen LogP contribution in [0.5, 0.6) is 5.19 Å². The molecule has 0 spiro atoms. The highest BCUT2D eigenvalue weighted by molar-refractivity contribution is 7.89. The van der Waals surface area contributed by atoms with Gasteiger partial charge in [-0.25, -0.2) is 17.8 Å². The van der Waals surface area contributed by atoms with E-state index in [1.54, 1.807) is 0 Å². The van der Waals surface area contributed by atoms with Crippen LogP contribution in [0.25, 0.3) is 10.2 Å². The predicted molar refractivity (Wildman–Crippen MR) is 103 cm³/mol. The Kier molecular flexibility index (Phi) is 4.88. The van der Waals surface area contributed by atoms with Crippen LogP contribution in [0.15, 0.2) is 47.4 Å². The van der Waals surface area contributed by atoms with Crippen molar-refractivity contribution in [3.8, 4) is 5.19 Å². The fourth-order valence-electron chi connectivity index (χ4n) is 3.23. The van der Waals surface area contributed by atoms with Crippen LogP contribution in [-0.2, 0) is 10.0 Å². The number of para-hydroxylation sites is 1. The standard InChI is InChI=1S/C19H19FN2O3S2/c1-13-4-2-7-17-18(13)21-19(26-17)25-15-8-10-22(11-9-15)27(23,24)16-6-3-5-14(20)12-16/h2-7,12,15H,8-11H2,1H3. The molecule has 2 heterocycles. The van der Waals surface area contributed by atoms with Crippen molar-refractivity contribution in [1.29, 1.82) is 0 Å². The van der Waals surface area contributed by atoms with Crippen LogP contribution in [0.1, 0.15) is 18.4 Å². The molecule has 3 aromatic rings. The van der Waals surface area contributed by atoms with Gasteiger partial charge in [-0.05, 0) is 49.6 Å². The van der Waals surface area contributed by atoms with Crippen LogP contribution in [0.2, 0.25) is 0 Å². The molecule has 142 valence electrons. The highest BCUT2D eigenvalue weighted by atomic mass is 32.2. The summed E-state index contributed by atoms with van der Waals surface area (Å²) >= 11 is 1.50. The van der Waals surface area contributed by atoms with Gasteiger partial charge in [0.05, 0.1) is 15.1 Å². The molecule has 1 aliphatic heterocycles. The van der Waals surface area contributed by atoms with Crippen molar-refractivity contribution in [3.63, 3.8) is 0 Å². The number of hydrogen-bond acceptors (Lipinski definition) is 5. The zero-order valence-corrected chi connectivity index (χ0v) is 16.4. The topological polar surface area (TPSA) is 59.5 Å². The molecule has 2 aromatic carbocycles. The van der Waals surface area contributed by atoms with Gasteiger partial charge in [-0.1, -0.05) is 29.5 Å². The molecule has 4 rings (SSSR count). The first-order valence-corrected chi connectivity index (χ1v) is 11.0. The first kappa shape index (κ1) is 18.3. The van der Waals surface area contributed by atoms with Gasteiger partial charge in [-0.3, -0.25) is 0 Å². The number of sulfonamides is 1. The summed E-state index contributed by atoms with van der Waals surface area (Å²) < 4.78 is 47.2. The van der Waals surface area contributed by atoms with Gasteiger partial charge in [0, 0.05) is 13.1 Å². The number of halogens is 1. The summed E-state index contributed by atoms with van der Waals surface area (Å²) in [4.78, 5) is 4.54. The largest absolute Gasteiger partial charge is 0.467 e. The number of aromatic nitrogens is 1. The third-order valence-electron chi connectivity index (χ3n) is 4.70. The zero-order chi connectivity index (χ0) is 19.0. The molecule has 1 aliphatic rings. The molecule has 1 saturated heterocycles. The molecule has 0 radical (unpaired) electrons. The molecular formula is C19H19FN2O3S2. The average Bonchev–Trinajstić information content (AvgIpc) is 3.06. The quantitative estimate of drug-likeness (QED) is 0.658. The predicted octanol–water partition coefficient (Wildman–Crippen LogP) is 3.98. The van der Waals surface area contributed by atoms with Crippen molar-refractivity contribution in [1.82, 2.24) is 9.29 Å². The molecule has 5 nitrogen and oxygen atoms in total. The van der Waals surface area contributed by atoms with E-state index in [2.05, 4.69) is 4.98 Å². The summed E-state index contributed by atoms with van der Waals surface area (Å²) in [6, 6.07) is 11.1. The van der Waals surface area contributed by atoms with Crippen LogP contribution < -0.4 is 4.74 Å². The van der Waals surface area contributed by atoms with E-state index in [4.69, 9.17) is 4.74 Å². The third kappa shape index (κ3) is 3.69. The van der Waals surface area contributed by atoms with Gasteiger partial charge < -0.3 is 4.74 Å². The molecule has 1 fully saturated rings. The van der Waals surface area contributed by atoms with Gasteiger partial charge in [-0.2, -0.15) is 4.31 Å². The molecule has 8 heteroatoms. The Balaban J connectivity index is 1.43. The van der Waals surface area contributed by atoms with Crippen molar-refractivity contribution < 1.29 is 17.5 Å². The number of aryl methyl sites for hydroxylation is 1. The van der Waals surface area contributed by atoms with Crippen LogP contribution in [0.3, 0.4) is 0 Å². The summed E-state index contributed by atoms with van der Waals surface area (Å²) in [5.41, 5.74) is 2.05. The van der Waals surface area contributed by atoms with Crippen LogP contribution in [0.4, 0.5) is 4.39 Å². The minimum atomic E-state index is -3.68. The van der Waals surface area contributed by atoms with Gasteiger partial charge in [0.2, 0.25) is 10.0 Å². The number of nitrogens with zero attached hydrogens (tertiary/aromatic N) is 2. The molecular weight excluding hydrogens is 387 g/mol. The van der Waals surface area contributed by atoms with Gasteiger partial charge in [0.1, 0.15) is 11.9 Å². The smallest absolute Gasteiger partial charge is 0.274 e. The monoisotopic (exact) mass is 406 g/mol. The van der Waals surface area contributed by atoms with E-state index in [1.165, 1.54) is 33.8 Å². The number of rotatable bonds is 4. The SMILES string of the molecule is Cc1cccc2sc(OC3CCN(S(=O)(=O)c4cccc(F)c4)CC3)nc12. The maximum Gasteiger partial charge on any atom is 0.274 e. The number of thiazole rings is 1. The van der Waals surface area contributed by atoms with Gasteiger partial charge >= 0.3 is 0 Å². The van der Waals surface area contributed by atoms with Crippen molar-refractivity contribution in [2.75, 3.05) is 13.1 Å². The van der Waals surface area contributed by atoms with Crippen molar-refractivity contribution >= 4 is 31.6 Å². The normalized spacial score (nSPS) is 16.7. The summed E-state index contributed by atoms with van der Waals surface area (Å²) in [6.07, 6.45) is 1.07. The first-order valence-electron chi connectivity index (χ1n) is 8.72. The molecule has 0 aliphatic carbocycles. The second-order valence-corrected chi connectivity index (χ2v) is 9.51. The molecule has 1 aromatic heterocycles. The van der Waals surface area contributed by atoms with E-state index < -0.39 is 15.8 Å². The lowest BCUT2D eigenvalue weighted by Gasteiger charge is -2.30. The zero-order valence-electron chi connectivity index (χ0n) is 14.8. The summed E-state index contributed by atoms with van der Waals surface area (Å²) in [5.74, 6) is -0.555. The second-order valence-electron chi connectivity index (χ2n) is 6.58. The Hall–Kier alpha value is -2.03. The number of hydrogen-bond donors (Lipinski definition) is 0. The Morgan fingerprint density at radius 2 is 1.93 bits per heavy atom. The van der Waals surface area contributed by atoms with Crippen molar-refractivity contribution in [3.05, 3.63) is 53.8 Å². The van der Waals surface area contributed by atoms with Crippen LogP contribution in [-0.4, -0.2) is 36.9 Å². The fraction of sp³-hybridized carbons (Fsp3) is 0.316. The van der Waals surface area contributed by atoms with E-state index in [0.717, 1.165) is 21.8 Å². The van der Waals surface area contributed by atoms with E-state index >= 15 is 0 Å². The van der Waals surface area contributed by atoms with E-state index in [9.17, 15) is 12.8 Å². The maximum atomic E-state index is 13.4. The van der Waals surface area contributed by atoms with Crippen LogP contribution in [0, 0.1) is 12.7 Å². The fourth-order valence-corrected chi connectivity index (χ4v) is 5.69. The molecule has 27 heavy (non-hydrogen) atoms. The van der Waals surface area contributed by atoms with Crippen molar-refractivity contribution in [2.24, 2.45) is 0 Å². The molecule has 0 bridgehead atoms. The maximum absolute atomic E-state index is 13.4. The first-order chi connectivity index (χ1) is 12.9. The van der Waals surface area contributed by atoms with Gasteiger partial charge in [0.25, 0.3) is 5.19 Å². The van der Waals surface area contributed by atoms with Crippen molar-refractivity contribution in [2.45, 2.75) is 30.8 Å². The second kappa shape index (κ2) is 7.18.